The Kier molecular flexibility index (Phi) is 12.1. The normalized spacial score (nSPS) is 33.0. The summed E-state index contributed by atoms with van der Waals surface area (Å²) in [6.45, 7) is -1.96. The van der Waals surface area contributed by atoms with Crippen LogP contribution in [-0.2, 0) is 28.6 Å². The van der Waals surface area contributed by atoms with E-state index in [1.165, 1.54) is 12.1 Å². The van der Waals surface area contributed by atoms with E-state index in [1.54, 1.807) is 0 Å². The van der Waals surface area contributed by atoms with Gasteiger partial charge < -0.3 is 75.2 Å². The zero-order valence-corrected chi connectivity index (χ0v) is 23.6. The molecule has 4 unspecified atom stereocenters. The third-order valence-electron chi connectivity index (χ3n) is 7.12. The Hall–Kier alpha value is -3.57. The molecule has 3 rings (SSSR count). The number of aliphatic carboxylic acids is 1. The average molecular weight is 649 g/mol. The lowest BCUT2D eigenvalue weighted by Crippen LogP contribution is -2.70. The summed E-state index contributed by atoms with van der Waals surface area (Å²) in [6.07, 6.45) is -15.9. The van der Waals surface area contributed by atoms with Crippen molar-refractivity contribution in [2.45, 2.75) is 80.2 Å². The number of aliphatic hydroxyl groups excluding tert-OH is 7. The van der Waals surface area contributed by atoms with Gasteiger partial charge in [0.1, 0.15) is 61.0 Å². The maximum atomic E-state index is 12.3. The Morgan fingerprint density at radius 2 is 1.73 bits per heavy atom. The van der Waals surface area contributed by atoms with Gasteiger partial charge >= 0.3 is 0 Å². The van der Waals surface area contributed by atoms with E-state index in [9.17, 15) is 60.2 Å². The summed E-state index contributed by atoms with van der Waals surface area (Å²) in [7, 11) is 0. The summed E-state index contributed by atoms with van der Waals surface area (Å²) in [5, 5.41) is 98.9. The third kappa shape index (κ3) is 8.38. The number of carbonyl (C=O) groups is 3. The van der Waals surface area contributed by atoms with Gasteiger partial charge in [0.15, 0.2) is 0 Å². The average Bonchev–Trinajstić information content (AvgIpc) is 3.00. The van der Waals surface area contributed by atoms with E-state index in [0.29, 0.717) is 0 Å². The molecule has 11 atom stereocenters. The Labute approximate surface area is 253 Å². The van der Waals surface area contributed by atoms with E-state index in [-0.39, 0.29) is 11.4 Å². The van der Waals surface area contributed by atoms with Crippen LogP contribution < -0.4 is 20.5 Å². The van der Waals surface area contributed by atoms with Gasteiger partial charge in [-0.25, -0.2) is 0 Å². The van der Waals surface area contributed by atoms with E-state index in [2.05, 4.69) is 10.6 Å². The molecule has 2 saturated heterocycles. The molecule has 0 spiro atoms. The molecule has 0 saturated carbocycles. The lowest BCUT2D eigenvalue weighted by Gasteiger charge is -2.49. The van der Waals surface area contributed by atoms with Crippen LogP contribution in [0.5, 0.6) is 5.75 Å². The van der Waals surface area contributed by atoms with Gasteiger partial charge in [-0.05, 0) is 12.1 Å². The molecule has 9 N–H and O–H groups in total. The van der Waals surface area contributed by atoms with Gasteiger partial charge in [-0.3, -0.25) is 19.7 Å². The highest BCUT2D eigenvalue weighted by Crippen LogP contribution is 2.34. The van der Waals surface area contributed by atoms with Crippen LogP contribution in [0, 0.1) is 10.1 Å². The molecule has 1 aromatic rings. The molecular formula is C25H34N3O17-. The number of aliphatic hydroxyl groups is 7. The molecule has 0 bridgehead atoms. The summed E-state index contributed by atoms with van der Waals surface area (Å²) in [6, 6.07) is 1.53. The monoisotopic (exact) mass is 648 g/mol. The minimum Gasteiger partial charge on any atom is -0.544 e. The Bertz CT molecular complexity index is 1200. The van der Waals surface area contributed by atoms with E-state index < -0.39 is 116 Å². The molecule has 2 aliphatic heterocycles. The number of carbonyl (C=O) groups excluding carboxylic acids is 3. The largest absolute Gasteiger partial charge is 0.544 e. The number of non-ortho nitro benzene ring substituents is 1. The first-order valence-corrected chi connectivity index (χ1v) is 13.4. The second kappa shape index (κ2) is 15.1. The fourth-order valence-corrected chi connectivity index (χ4v) is 4.82. The second-order valence-electron chi connectivity index (χ2n) is 10.3. The minimum absolute atomic E-state index is 0.0237. The molecule has 2 heterocycles. The number of amides is 2. The smallest absolute Gasteiger partial charge is 0.269 e. The number of carboxylic acids is 1. The topological polar surface area (TPSA) is 320 Å². The van der Waals surface area contributed by atoms with Gasteiger partial charge in [0.05, 0.1) is 30.3 Å². The van der Waals surface area contributed by atoms with Crippen molar-refractivity contribution in [1.29, 1.82) is 0 Å². The zero-order chi connectivity index (χ0) is 33.6. The zero-order valence-electron chi connectivity index (χ0n) is 23.6. The highest BCUT2D eigenvalue weighted by molar-refractivity contribution is 5.78. The van der Waals surface area contributed by atoms with Gasteiger partial charge in [0.25, 0.3) is 5.69 Å². The first-order chi connectivity index (χ1) is 21.1. The highest BCUT2D eigenvalue weighted by Gasteiger charge is 2.54. The van der Waals surface area contributed by atoms with Crippen molar-refractivity contribution in [3.05, 3.63) is 34.4 Å². The van der Waals surface area contributed by atoms with Gasteiger partial charge in [-0.2, -0.15) is 0 Å². The van der Waals surface area contributed by atoms with Gasteiger partial charge in [-0.15, -0.1) is 0 Å². The molecule has 252 valence electrons. The molecule has 20 nitrogen and oxygen atoms in total. The van der Waals surface area contributed by atoms with Crippen molar-refractivity contribution in [1.82, 2.24) is 10.6 Å². The van der Waals surface area contributed by atoms with Gasteiger partial charge in [0.2, 0.25) is 23.9 Å². The number of ether oxygens (including phenoxy) is 4. The number of benzene rings is 1. The quantitative estimate of drug-likeness (QED) is 0.0709. The van der Waals surface area contributed by atoms with Crippen LogP contribution in [0.4, 0.5) is 5.69 Å². The number of nitrogens with one attached hydrogen (secondary N) is 2. The van der Waals surface area contributed by atoms with Crippen molar-refractivity contribution in [3.8, 4) is 5.75 Å². The molecule has 45 heavy (non-hydrogen) atoms. The van der Waals surface area contributed by atoms with Gasteiger partial charge in [-0.1, -0.05) is 0 Å². The van der Waals surface area contributed by atoms with Crippen molar-refractivity contribution < 1.29 is 79.1 Å². The first-order valence-electron chi connectivity index (χ1n) is 13.4. The summed E-state index contributed by atoms with van der Waals surface area (Å²) >= 11 is 0. The van der Waals surface area contributed by atoms with E-state index in [1.807, 2.05) is 0 Å². The number of nitrogens with zero attached hydrogens (tertiary/aromatic N) is 1. The summed E-state index contributed by atoms with van der Waals surface area (Å²) in [5.41, 5.74) is -0.276. The number of nitro benzene ring substituents is 1. The van der Waals surface area contributed by atoms with E-state index >= 15 is 0 Å². The van der Waals surface area contributed by atoms with Crippen LogP contribution >= 0.6 is 0 Å². The molecule has 0 aliphatic carbocycles. The van der Waals surface area contributed by atoms with Crippen LogP contribution in [0.1, 0.15) is 13.3 Å². The summed E-state index contributed by atoms with van der Waals surface area (Å²) < 4.78 is 22.2. The Morgan fingerprint density at radius 1 is 1.09 bits per heavy atom. The first kappa shape index (κ1) is 35.9. The molecule has 0 aromatic heterocycles. The van der Waals surface area contributed by atoms with Crippen LogP contribution in [0.15, 0.2) is 24.3 Å². The van der Waals surface area contributed by atoms with Crippen molar-refractivity contribution in [2.24, 2.45) is 0 Å². The number of nitro groups is 1. The molecule has 0 radical (unpaired) electrons. The number of carboxylic acid groups (broad SMARTS) is 1. The Balaban J connectivity index is 1.87. The van der Waals surface area contributed by atoms with Crippen LogP contribution in [0.2, 0.25) is 0 Å². The molecule has 1 aromatic carbocycles. The van der Waals surface area contributed by atoms with E-state index in [0.717, 1.165) is 19.1 Å². The molecule has 20 heteroatoms. The summed E-state index contributed by atoms with van der Waals surface area (Å²) in [4.78, 5) is 46.2. The Morgan fingerprint density at radius 3 is 2.27 bits per heavy atom. The molecule has 2 aliphatic rings. The van der Waals surface area contributed by atoms with Crippen LogP contribution in [-0.4, -0.2) is 145 Å². The van der Waals surface area contributed by atoms with Crippen molar-refractivity contribution in [2.75, 3.05) is 19.8 Å². The predicted octanol–water partition coefficient (Wildman–Crippen LogP) is -6.27. The fourth-order valence-electron chi connectivity index (χ4n) is 4.82. The lowest BCUT2D eigenvalue weighted by molar-refractivity contribution is -0.386. The number of rotatable bonds is 13. The van der Waals surface area contributed by atoms with Crippen molar-refractivity contribution in [3.63, 3.8) is 0 Å². The highest BCUT2D eigenvalue weighted by atomic mass is 16.7. The minimum atomic E-state index is -2.95. The lowest BCUT2D eigenvalue weighted by atomic mass is 9.88. The standard InChI is InChI=1S/C25H35N3O17/c1-10(31)26-18-21(37)20(36)15(44-23(18)43-12-4-2-11(3-5-12)28(40)41)9-42-25(24(38)39)6-13(32)17(27-16(34)8-30)22(45-25)19(35)14(33)7-29/h2-5,13-15,17-23,29-30,32-33,35-37H,6-9H2,1H3,(H,26,31)(H,27,34)(H,38,39)/p-1/t13-,14-,15?,17-,18?,19-,20+,21?,22?,23-,25-/m1/s1. The van der Waals surface area contributed by atoms with Crippen LogP contribution in [0.3, 0.4) is 0 Å². The third-order valence-corrected chi connectivity index (χ3v) is 7.12. The SMILES string of the molecule is CC(=O)NC1C(O)[C@@H](O)C(CO[C@]2(C(=O)[O-])C[C@@H](O)[C@@H](NC(=O)CO)C([C@H](O)[C@H](O)CO)O2)O[C@H]1Oc1ccc([N+](=O)[O-])cc1. The number of hydrogen-bond acceptors (Lipinski definition) is 17. The number of hydrogen-bond donors (Lipinski definition) is 9. The molecule has 2 fully saturated rings. The fraction of sp³-hybridized carbons (Fsp3) is 0.640. The van der Waals surface area contributed by atoms with E-state index in [4.69, 9.17) is 24.1 Å². The summed E-state index contributed by atoms with van der Waals surface area (Å²) in [5.74, 6) is -6.83. The maximum absolute atomic E-state index is 12.3. The second-order valence-corrected chi connectivity index (χ2v) is 10.3. The molecule has 2 amide bonds. The van der Waals surface area contributed by atoms with Crippen LogP contribution in [0.25, 0.3) is 0 Å². The van der Waals surface area contributed by atoms with Gasteiger partial charge in [0, 0.05) is 25.5 Å². The molecular weight excluding hydrogens is 614 g/mol. The van der Waals surface area contributed by atoms with Crippen molar-refractivity contribution >= 4 is 23.5 Å². The predicted molar refractivity (Wildman–Crippen MR) is 139 cm³/mol. The maximum Gasteiger partial charge on any atom is 0.269 e.